The van der Waals surface area contributed by atoms with E-state index in [0.29, 0.717) is 33.8 Å². The molecule has 0 spiro atoms. The van der Waals surface area contributed by atoms with E-state index in [0.717, 1.165) is 0 Å². The van der Waals surface area contributed by atoms with Crippen molar-refractivity contribution in [2.75, 3.05) is 11.1 Å². The van der Waals surface area contributed by atoms with Crippen LogP contribution in [0.1, 0.15) is 36.1 Å². The Hall–Kier alpha value is -2.91. The highest BCUT2D eigenvalue weighted by Gasteiger charge is 2.20. The number of nitrogens with one attached hydrogen (secondary N) is 2. The third-order valence-electron chi connectivity index (χ3n) is 4.36. The highest BCUT2D eigenvalue weighted by atomic mass is 35.5. The van der Waals surface area contributed by atoms with Crippen LogP contribution in [-0.2, 0) is 11.3 Å². The fourth-order valence-electron chi connectivity index (χ4n) is 2.83. The number of hydrogen-bond acceptors (Lipinski definition) is 5. The number of amides is 2. The molecular weight excluding hydrogens is 441 g/mol. The van der Waals surface area contributed by atoms with Gasteiger partial charge in [-0.3, -0.25) is 9.59 Å². The maximum absolute atomic E-state index is 13.0. The van der Waals surface area contributed by atoms with Gasteiger partial charge in [-0.2, -0.15) is 0 Å². The lowest BCUT2D eigenvalue weighted by molar-refractivity contribution is -0.113. The first-order chi connectivity index (χ1) is 14.9. The number of halogens is 2. The van der Waals surface area contributed by atoms with Crippen LogP contribution in [-0.4, -0.2) is 32.3 Å². The van der Waals surface area contributed by atoms with Gasteiger partial charge in [0, 0.05) is 22.8 Å². The van der Waals surface area contributed by atoms with Crippen molar-refractivity contribution in [1.82, 2.24) is 20.1 Å². The van der Waals surface area contributed by atoms with Crippen molar-refractivity contribution in [2.45, 2.75) is 31.6 Å². The molecule has 3 aromatic rings. The van der Waals surface area contributed by atoms with Crippen LogP contribution in [0.5, 0.6) is 0 Å². The van der Waals surface area contributed by atoms with Gasteiger partial charge in [-0.1, -0.05) is 23.4 Å². The molecular formula is C21H21ClFN5O2S. The lowest BCUT2D eigenvalue weighted by atomic mass is 10.2. The maximum Gasteiger partial charge on any atom is 0.251 e. The zero-order valence-electron chi connectivity index (χ0n) is 16.9. The summed E-state index contributed by atoms with van der Waals surface area (Å²) < 4.78 is 14.8. The second-order valence-electron chi connectivity index (χ2n) is 6.63. The van der Waals surface area contributed by atoms with Crippen LogP contribution in [0, 0.1) is 5.82 Å². The van der Waals surface area contributed by atoms with Gasteiger partial charge in [0.2, 0.25) is 5.91 Å². The molecule has 2 amide bonds. The Morgan fingerprint density at radius 1 is 1.13 bits per heavy atom. The first-order valence-electron chi connectivity index (χ1n) is 9.55. The van der Waals surface area contributed by atoms with E-state index in [2.05, 4.69) is 20.8 Å². The first kappa shape index (κ1) is 22.8. The molecule has 3 rings (SSSR count). The van der Waals surface area contributed by atoms with E-state index in [1.807, 2.05) is 18.4 Å². The van der Waals surface area contributed by atoms with Gasteiger partial charge in [0.15, 0.2) is 11.0 Å². The number of nitrogens with zero attached hydrogens (tertiary/aromatic N) is 3. The standard InChI is InChI=1S/C21H21ClFN5O2S/c1-3-28-19(13(2)24-20(30)14-4-6-15(22)7-5-14)26-27-21(28)31-12-18(29)25-17-10-8-16(23)9-11-17/h4-11,13H,3,12H2,1-2H3,(H,24,30)(H,25,29)/t13-/m1/s1. The topological polar surface area (TPSA) is 88.9 Å². The van der Waals surface area contributed by atoms with E-state index in [1.54, 1.807) is 24.3 Å². The summed E-state index contributed by atoms with van der Waals surface area (Å²) in [7, 11) is 0. The number of hydrogen-bond donors (Lipinski definition) is 2. The SMILES string of the molecule is CCn1c(SCC(=O)Nc2ccc(F)cc2)nnc1[C@@H](C)NC(=O)c1ccc(Cl)cc1. The Morgan fingerprint density at radius 2 is 1.81 bits per heavy atom. The van der Waals surface area contributed by atoms with Crippen LogP contribution in [0.2, 0.25) is 5.02 Å². The number of thioether (sulfide) groups is 1. The Bertz CT molecular complexity index is 1060. The summed E-state index contributed by atoms with van der Waals surface area (Å²) in [6.45, 7) is 4.33. The van der Waals surface area contributed by atoms with Gasteiger partial charge >= 0.3 is 0 Å². The minimum absolute atomic E-state index is 0.112. The molecule has 0 saturated heterocycles. The van der Waals surface area contributed by atoms with E-state index in [4.69, 9.17) is 11.6 Å². The van der Waals surface area contributed by atoms with Gasteiger partial charge in [0.1, 0.15) is 5.82 Å². The second-order valence-corrected chi connectivity index (χ2v) is 8.01. The van der Waals surface area contributed by atoms with Crippen LogP contribution in [0.4, 0.5) is 10.1 Å². The molecule has 0 saturated carbocycles. The molecule has 0 aliphatic heterocycles. The lowest BCUT2D eigenvalue weighted by Gasteiger charge is -2.15. The molecule has 0 radical (unpaired) electrons. The van der Waals surface area contributed by atoms with Crippen molar-refractivity contribution in [2.24, 2.45) is 0 Å². The fraction of sp³-hybridized carbons (Fsp3) is 0.238. The Balaban J connectivity index is 1.61. The van der Waals surface area contributed by atoms with Crippen molar-refractivity contribution in [3.63, 3.8) is 0 Å². The number of carbonyl (C=O) groups excluding carboxylic acids is 2. The predicted molar refractivity (Wildman–Crippen MR) is 119 cm³/mol. The van der Waals surface area contributed by atoms with Gasteiger partial charge in [-0.15, -0.1) is 10.2 Å². The van der Waals surface area contributed by atoms with E-state index >= 15 is 0 Å². The molecule has 0 bridgehead atoms. The van der Waals surface area contributed by atoms with E-state index in [9.17, 15) is 14.0 Å². The number of rotatable bonds is 8. The van der Waals surface area contributed by atoms with Crippen LogP contribution >= 0.6 is 23.4 Å². The molecule has 0 fully saturated rings. The summed E-state index contributed by atoms with van der Waals surface area (Å²) in [5, 5.41) is 15.1. The maximum atomic E-state index is 13.0. The minimum atomic E-state index is -0.391. The Labute approximate surface area is 188 Å². The average Bonchev–Trinajstić information content (AvgIpc) is 3.17. The summed E-state index contributed by atoms with van der Waals surface area (Å²) in [5.41, 5.74) is 1.01. The van der Waals surface area contributed by atoms with Gasteiger partial charge in [0.05, 0.1) is 11.8 Å². The normalized spacial score (nSPS) is 11.7. The fourth-order valence-corrected chi connectivity index (χ4v) is 3.77. The molecule has 0 aliphatic rings. The molecule has 162 valence electrons. The van der Waals surface area contributed by atoms with Crippen LogP contribution in [0.3, 0.4) is 0 Å². The molecule has 1 heterocycles. The number of benzene rings is 2. The van der Waals surface area contributed by atoms with Gasteiger partial charge in [0.25, 0.3) is 5.91 Å². The highest BCUT2D eigenvalue weighted by Crippen LogP contribution is 2.21. The van der Waals surface area contributed by atoms with Crippen molar-refractivity contribution in [1.29, 1.82) is 0 Å². The number of aromatic nitrogens is 3. The molecule has 1 aromatic heterocycles. The number of carbonyl (C=O) groups is 2. The Kier molecular flexibility index (Phi) is 7.64. The zero-order valence-corrected chi connectivity index (χ0v) is 18.5. The van der Waals surface area contributed by atoms with E-state index in [1.165, 1.54) is 36.0 Å². The first-order valence-corrected chi connectivity index (χ1v) is 10.9. The highest BCUT2D eigenvalue weighted by molar-refractivity contribution is 7.99. The van der Waals surface area contributed by atoms with Crippen LogP contribution in [0.15, 0.2) is 53.7 Å². The Morgan fingerprint density at radius 3 is 2.45 bits per heavy atom. The summed E-state index contributed by atoms with van der Waals surface area (Å²) in [6.07, 6.45) is 0. The van der Waals surface area contributed by atoms with Crippen molar-refractivity contribution >= 4 is 40.9 Å². The molecule has 31 heavy (non-hydrogen) atoms. The van der Waals surface area contributed by atoms with Crippen LogP contribution < -0.4 is 10.6 Å². The monoisotopic (exact) mass is 461 g/mol. The molecule has 0 unspecified atom stereocenters. The average molecular weight is 462 g/mol. The van der Waals surface area contributed by atoms with Crippen LogP contribution in [0.25, 0.3) is 0 Å². The second kappa shape index (κ2) is 10.4. The third-order valence-corrected chi connectivity index (χ3v) is 5.58. The summed E-state index contributed by atoms with van der Waals surface area (Å²) in [5.74, 6) is -0.156. The summed E-state index contributed by atoms with van der Waals surface area (Å²) >= 11 is 7.10. The molecule has 1 atom stereocenters. The largest absolute Gasteiger partial charge is 0.342 e. The van der Waals surface area contributed by atoms with Gasteiger partial charge in [-0.25, -0.2) is 4.39 Å². The third kappa shape index (κ3) is 6.05. The predicted octanol–water partition coefficient (Wildman–Crippen LogP) is 4.31. The van der Waals surface area contributed by atoms with Gasteiger partial charge in [-0.05, 0) is 62.4 Å². The molecule has 10 heteroatoms. The molecule has 7 nitrogen and oxygen atoms in total. The van der Waals surface area contributed by atoms with Crippen molar-refractivity contribution in [3.05, 3.63) is 70.8 Å². The van der Waals surface area contributed by atoms with E-state index in [-0.39, 0.29) is 23.4 Å². The molecule has 2 aromatic carbocycles. The smallest absolute Gasteiger partial charge is 0.251 e. The quantitative estimate of drug-likeness (QED) is 0.488. The van der Waals surface area contributed by atoms with E-state index < -0.39 is 6.04 Å². The molecule has 0 aliphatic carbocycles. The van der Waals surface area contributed by atoms with Crippen molar-refractivity contribution < 1.29 is 14.0 Å². The number of anilines is 1. The summed E-state index contributed by atoms with van der Waals surface area (Å²) in [6, 6.07) is 11.8. The van der Waals surface area contributed by atoms with Crippen molar-refractivity contribution in [3.8, 4) is 0 Å². The summed E-state index contributed by atoms with van der Waals surface area (Å²) in [4.78, 5) is 24.7. The minimum Gasteiger partial charge on any atom is -0.342 e. The molecule has 2 N–H and O–H groups in total. The van der Waals surface area contributed by atoms with Gasteiger partial charge < -0.3 is 15.2 Å². The lowest BCUT2D eigenvalue weighted by Crippen LogP contribution is -2.28. The zero-order chi connectivity index (χ0) is 22.4.